The SMILES string of the molecule is CCCCCCC(Cc1ccc(C(C)C)cc1)NN. The molecule has 0 aliphatic carbocycles. The second kappa shape index (κ2) is 9.11. The first-order valence-corrected chi connectivity index (χ1v) is 7.72. The van der Waals surface area contributed by atoms with E-state index >= 15 is 0 Å². The van der Waals surface area contributed by atoms with Crippen molar-refractivity contribution >= 4 is 0 Å². The molecule has 0 aliphatic rings. The van der Waals surface area contributed by atoms with Gasteiger partial charge in [-0.2, -0.15) is 0 Å². The van der Waals surface area contributed by atoms with Crippen molar-refractivity contribution in [3.63, 3.8) is 0 Å². The molecule has 1 aromatic carbocycles. The van der Waals surface area contributed by atoms with Gasteiger partial charge in [0.05, 0.1) is 0 Å². The van der Waals surface area contributed by atoms with Crippen LogP contribution in [0.3, 0.4) is 0 Å². The summed E-state index contributed by atoms with van der Waals surface area (Å²) in [4.78, 5) is 0. The Morgan fingerprint density at radius 3 is 2.26 bits per heavy atom. The van der Waals surface area contributed by atoms with Crippen molar-refractivity contribution in [2.24, 2.45) is 5.84 Å². The summed E-state index contributed by atoms with van der Waals surface area (Å²) in [5, 5.41) is 0. The third kappa shape index (κ3) is 6.22. The van der Waals surface area contributed by atoms with Gasteiger partial charge in [-0.25, -0.2) is 0 Å². The first-order valence-electron chi connectivity index (χ1n) is 7.72. The zero-order valence-corrected chi connectivity index (χ0v) is 12.8. The molecule has 0 amide bonds. The highest BCUT2D eigenvalue weighted by molar-refractivity contribution is 5.25. The average molecular weight is 262 g/mol. The van der Waals surface area contributed by atoms with Gasteiger partial charge in [0.1, 0.15) is 0 Å². The fourth-order valence-electron chi connectivity index (χ4n) is 2.38. The lowest BCUT2D eigenvalue weighted by molar-refractivity contribution is 0.463. The average Bonchev–Trinajstić information content (AvgIpc) is 2.42. The van der Waals surface area contributed by atoms with E-state index in [9.17, 15) is 0 Å². The molecule has 0 fully saturated rings. The predicted molar refractivity (Wildman–Crippen MR) is 84.1 cm³/mol. The van der Waals surface area contributed by atoms with Crippen molar-refractivity contribution < 1.29 is 0 Å². The molecule has 1 aromatic rings. The lowest BCUT2D eigenvalue weighted by Gasteiger charge is -2.16. The molecule has 0 heterocycles. The molecule has 0 aliphatic heterocycles. The minimum Gasteiger partial charge on any atom is -0.271 e. The van der Waals surface area contributed by atoms with Crippen LogP contribution in [-0.2, 0) is 6.42 Å². The highest BCUT2D eigenvalue weighted by atomic mass is 15.2. The molecule has 1 unspecified atom stereocenters. The van der Waals surface area contributed by atoms with E-state index < -0.39 is 0 Å². The van der Waals surface area contributed by atoms with Crippen molar-refractivity contribution in [2.75, 3.05) is 0 Å². The van der Waals surface area contributed by atoms with Crippen LogP contribution in [0.15, 0.2) is 24.3 Å². The van der Waals surface area contributed by atoms with Crippen LogP contribution in [-0.4, -0.2) is 6.04 Å². The minimum absolute atomic E-state index is 0.404. The van der Waals surface area contributed by atoms with Crippen LogP contribution in [0.1, 0.15) is 69.9 Å². The second-order valence-electron chi connectivity index (χ2n) is 5.81. The fourth-order valence-corrected chi connectivity index (χ4v) is 2.38. The summed E-state index contributed by atoms with van der Waals surface area (Å²) >= 11 is 0. The topological polar surface area (TPSA) is 38.0 Å². The molecule has 19 heavy (non-hydrogen) atoms. The van der Waals surface area contributed by atoms with Gasteiger partial charge in [-0.1, -0.05) is 70.7 Å². The van der Waals surface area contributed by atoms with E-state index in [-0.39, 0.29) is 0 Å². The summed E-state index contributed by atoms with van der Waals surface area (Å²) in [7, 11) is 0. The molecule has 0 spiro atoms. The molecular weight excluding hydrogens is 232 g/mol. The number of unbranched alkanes of at least 4 members (excludes halogenated alkanes) is 3. The van der Waals surface area contributed by atoms with E-state index in [0.717, 1.165) is 6.42 Å². The van der Waals surface area contributed by atoms with E-state index in [0.29, 0.717) is 12.0 Å². The lowest BCUT2D eigenvalue weighted by atomic mass is 9.97. The van der Waals surface area contributed by atoms with Gasteiger partial charge in [-0.3, -0.25) is 11.3 Å². The summed E-state index contributed by atoms with van der Waals surface area (Å²) in [6.07, 6.45) is 7.41. The third-order valence-corrected chi connectivity index (χ3v) is 3.77. The van der Waals surface area contributed by atoms with Gasteiger partial charge < -0.3 is 0 Å². The Labute approximate surface area is 118 Å². The van der Waals surface area contributed by atoms with Crippen LogP contribution in [0.5, 0.6) is 0 Å². The standard InChI is InChI=1S/C17H30N2/c1-4-5-6-7-8-17(19-18)13-15-9-11-16(12-10-15)14(2)3/h9-12,14,17,19H,4-8,13,18H2,1-3H3. The molecule has 0 aromatic heterocycles. The Balaban J connectivity index is 2.41. The van der Waals surface area contributed by atoms with Gasteiger partial charge in [-0.05, 0) is 29.9 Å². The molecule has 0 radical (unpaired) electrons. The third-order valence-electron chi connectivity index (χ3n) is 3.77. The number of nitrogens with one attached hydrogen (secondary N) is 1. The van der Waals surface area contributed by atoms with Crippen LogP contribution in [0.2, 0.25) is 0 Å². The molecule has 1 atom stereocenters. The van der Waals surface area contributed by atoms with Crippen LogP contribution < -0.4 is 11.3 Å². The summed E-state index contributed by atoms with van der Waals surface area (Å²) in [5.74, 6) is 6.27. The maximum Gasteiger partial charge on any atom is 0.0250 e. The summed E-state index contributed by atoms with van der Waals surface area (Å²) < 4.78 is 0. The van der Waals surface area contributed by atoms with E-state index in [1.807, 2.05) is 0 Å². The largest absolute Gasteiger partial charge is 0.271 e. The van der Waals surface area contributed by atoms with Crippen molar-refractivity contribution in [3.8, 4) is 0 Å². The summed E-state index contributed by atoms with van der Waals surface area (Å²) in [5.41, 5.74) is 5.75. The molecule has 0 saturated carbocycles. The quantitative estimate of drug-likeness (QED) is 0.398. The lowest BCUT2D eigenvalue weighted by Crippen LogP contribution is -2.36. The van der Waals surface area contributed by atoms with E-state index in [2.05, 4.69) is 50.5 Å². The van der Waals surface area contributed by atoms with Crippen LogP contribution in [0, 0.1) is 0 Å². The van der Waals surface area contributed by atoms with E-state index in [1.54, 1.807) is 0 Å². The molecule has 0 bridgehead atoms. The number of hydrogen-bond donors (Lipinski definition) is 2. The number of benzene rings is 1. The van der Waals surface area contributed by atoms with E-state index in [1.165, 1.54) is 43.2 Å². The predicted octanol–water partition coefficient (Wildman–Crippen LogP) is 4.15. The Hall–Kier alpha value is -0.860. The van der Waals surface area contributed by atoms with Crippen LogP contribution in [0.4, 0.5) is 0 Å². The Kier molecular flexibility index (Phi) is 7.76. The monoisotopic (exact) mass is 262 g/mol. The smallest absolute Gasteiger partial charge is 0.0250 e. The van der Waals surface area contributed by atoms with Crippen molar-refractivity contribution in [3.05, 3.63) is 35.4 Å². The number of nitrogens with two attached hydrogens (primary N) is 1. The van der Waals surface area contributed by atoms with Gasteiger partial charge >= 0.3 is 0 Å². The first-order chi connectivity index (χ1) is 9.17. The van der Waals surface area contributed by atoms with Gasteiger partial charge in [0.15, 0.2) is 0 Å². The van der Waals surface area contributed by atoms with Crippen molar-refractivity contribution in [1.29, 1.82) is 0 Å². The van der Waals surface area contributed by atoms with Crippen molar-refractivity contribution in [2.45, 2.75) is 71.3 Å². The summed E-state index contributed by atoms with van der Waals surface area (Å²) in [6, 6.07) is 9.37. The normalized spacial score (nSPS) is 12.9. The number of rotatable bonds is 9. The highest BCUT2D eigenvalue weighted by Crippen LogP contribution is 2.16. The maximum atomic E-state index is 5.66. The number of hydrazine groups is 1. The van der Waals surface area contributed by atoms with Crippen molar-refractivity contribution in [1.82, 2.24) is 5.43 Å². The number of hydrogen-bond acceptors (Lipinski definition) is 2. The maximum absolute atomic E-state index is 5.66. The Morgan fingerprint density at radius 2 is 1.74 bits per heavy atom. The second-order valence-corrected chi connectivity index (χ2v) is 5.81. The zero-order chi connectivity index (χ0) is 14.1. The zero-order valence-electron chi connectivity index (χ0n) is 12.8. The Bertz CT molecular complexity index is 330. The minimum atomic E-state index is 0.404. The molecular formula is C17H30N2. The summed E-state index contributed by atoms with van der Waals surface area (Å²) in [6.45, 7) is 6.70. The molecule has 1 rings (SSSR count). The first kappa shape index (κ1) is 16.2. The van der Waals surface area contributed by atoms with Gasteiger partial charge in [0, 0.05) is 6.04 Å². The molecule has 2 heteroatoms. The van der Waals surface area contributed by atoms with Crippen LogP contribution >= 0.6 is 0 Å². The van der Waals surface area contributed by atoms with Crippen LogP contribution in [0.25, 0.3) is 0 Å². The highest BCUT2D eigenvalue weighted by Gasteiger charge is 2.08. The molecule has 108 valence electrons. The molecule has 2 nitrogen and oxygen atoms in total. The van der Waals surface area contributed by atoms with Gasteiger partial charge in [0.25, 0.3) is 0 Å². The molecule has 3 N–H and O–H groups in total. The van der Waals surface area contributed by atoms with E-state index in [4.69, 9.17) is 5.84 Å². The molecule has 0 saturated heterocycles. The van der Waals surface area contributed by atoms with Gasteiger partial charge in [0.2, 0.25) is 0 Å². The fraction of sp³-hybridized carbons (Fsp3) is 0.647. The Morgan fingerprint density at radius 1 is 1.05 bits per heavy atom. The van der Waals surface area contributed by atoms with Gasteiger partial charge in [-0.15, -0.1) is 0 Å².